The van der Waals surface area contributed by atoms with Crippen LogP contribution in [0.15, 0.2) is 23.1 Å². The SMILES string of the molecule is Cc1ccc(C)c(S(=O)(=O)NCCC(=O)N(C)CCC(F)(F)F)c1. The molecule has 0 aliphatic rings. The normalized spacial score (nSPS) is 12.2. The number of halogens is 3. The Labute approximate surface area is 139 Å². The highest BCUT2D eigenvalue weighted by Gasteiger charge is 2.28. The molecule has 9 heteroatoms. The number of aryl methyl sites for hydroxylation is 2. The van der Waals surface area contributed by atoms with E-state index in [4.69, 9.17) is 0 Å². The Balaban J connectivity index is 2.57. The van der Waals surface area contributed by atoms with E-state index in [2.05, 4.69) is 4.72 Å². The molecule has 0 radical (unpaired) electrons. The number of alkyl halides is 3. The minimum absolute atomic E-state index is 0.125. The van der Waals surface area contributed by atoms with Gasteiger partial charge in [-0.15, -0.1) is 0 Å². The molecular formula is C15H21F3N2O3S. The summed E-state index contributed by atoms with van der Waals surface area (Å²) in [5.41, 5.74) is 1.35. The molecule has 0 saturated carbocycles. The number of nitrogens with one attached hydrogen (secondary N) is 1. The van der Waals surface area contributed by atoms with Gasteiger partial charge in [0.05, 0.1) is 11.3 Å². The number of carbonyl (C=O) groups excluding carboxylic acids is 1. The first-order valence-electron chi connectivity index (χ1n) is 7.30. The van der Waals surface area contributed by atoms with Crippen LogP contribution in [-0.2, 0) is 14.8 Å². The number of hydrogen-bond donors (Lipinski definition) is 1. The largest absolute Gasteiger partial charge is 0.390 e. The summed E-state index contributed by atoms with van der Waals surface area (Å²) in [6.07, 6.45) is -5.64. The lowest BCUT2D eigenvalue weighted by Crippen LogP contribution is -2.34. The summed E-state index contributed by atoms with van der Waals surface area (Å²) in [4.78, 5) is 12.8. The summed E-state index contributed by atoms with van der Waals surface area (Å²) in [5, 5.41) is 0. The highest BCUT2D eigenvalue weighted by molar-refractivity contribution is 7.89. The fourth-order valence-corrected chi connectivity index (χ4v) is 3.34. The molecule has 1 amide bonds. The zero-order valence-electron chi connectivity index (χ0n) is 13.8. The molecule has 1 N–H and O–H groups in total. The van der Waals surface area contributed by atoms with Gasteiger partial charge in [-0.3, -0.25) is 4.79 Å². The minimum atomic E-state index is -4.33. The van der Waals surface area contributed by atoms with Crippen LogP contribution in [0.4, 0.5) is 13.2 Å². The van der Waals surface area contributed by atoms with Gasteiger partial charge >= 0.3 is 6.18 Å². The van der Waals surface area contributed by atoms with E-state index in [1.807, 2.05) is 0 Å². The fourth-order valence-electron chi connectivity index (χ4n) is 1.98. The predicted octanol–water partition coefficient (Wildman–Crippen LogP) is 2.38. The van der Waals surface area contributed by atoms with Gasteiger partial charge in [0.15, 0.2) is 0 Å². The molecule has 1 aromatic rings. The standard InChI is InChI=1S/C15H21F3N2O3S/c1-11-4-5-12(2)13(10-11)24(22,23)19-8-6-14(21)20(3)9-7-15(16,17)18/h4-5,10,19H,6-9H2,1-3H3. The van der Waals surface area contributed by atoms with Gasteiger partial charge < -0.3 is 4.90 Å². The van der Waals surface area contributed by atoms with Crippen LogP contribution in [0.3, 0.4) is 0 Å². The molecule has 24 heavy (non-hydrogen) atoms. The quantitative estimate of drug-likeness (QED) is 0.806. The predicted molar refractivity (Wildman–Crippen MR) is 84.0 cm³/mol. The van der Waals surface area contributed by atoms with Crippen LogP contribution < -0.4 is 4.72 Å². The molecule has 0 aromatic heterocycles. The molecule has 1 aromatic carbocycles. The van der Waals surface area contributed by atoms with Gasteiger partial charge in [-0.25, -0.2) is 13.1 Å². The smallest absolute Gasteiger partial charge is 0.345 e. The third kappa shape index (κ3) is 6.48. The fraction of sp³-hybridized carbons (Fsp3) is 0.533. The maximum atomic E-state index is 12.2. The van der Waals surface area contributed by atoms with E-state index >= 15 is 0 Å². The molecule has 0 aliphatic carbocycles. The van der Waals surface area contributed by atoms with E-state index < -0.39 is 35.1 Å². The van der Waals surface area contributed by atoms with Gasteiger partial charge in [-0.05, 0) is 31.0 Å². The molecule has 1 rings (SSSR count). The average molecular weight is 366 g/mol. The van der Waals surface area contributed by atoms with Crippen LogP contribution in [0.2, 0.25) is 0 Å². The van der Waals surface area contributed by atoms with Gasteiger partial charge in [-0.1, -0.05) is 12.1 Å². The Hall–Kier alpha value is -1.61. The van der Waals surface area contributed by atoms with E-state index in [9.17, 15) is 26.4 Å². The Morgan fingerprint density at radius 2 is 1.88 bits per heavy atom. The van der Waals surface area contributed by atoms with E-state index in [1.54, 1.807) is 26.0 Å². The number of hydrogen-bond acceptors (Lipinski definition) is 3. The highest BCUT2D eigenvalue weighted by atomic mass is 32.2. The van der Waals surface area contributed by atoms with Crippen LogP contribution in [-0.4, -0.2) is 45.5 Å². The lowest BCUT2D eigenvalue weighted by atomic mass is 10.2. The number of benzene rings is 1. The molecule has 0 saturated heterocycles. The molecule has 0 bridgehead atoms. The molecule has 0 spiro atoms. The van der Waals surface area contributed by atoms with Crippen LogP contribution in [0, 0.1) is 13.8 Å². The molecule has 0 unspecified atom stereocenters. The number of amides is 1. The summed E-state index contributed by atoms with van der Waals surface area (Å²) in [5.74, 6) is -0.553. The van der Waals surface area contributed by atoms with Crippen molar-refractivity contribution in [2.75, 3.05) is 20.1 Å². The van der Waals surface area contributed by atoms with Crippen molar-refractivity contribution >= 4 is 15.9 Å². The van der Waals surface area contributed by atoms with Gasteiger partial charge in [-0.2, -0.15) is 13.2 Å². The van der Waals surface area contributed by atoms with Gasteiger partial charge in [0.2, 0.25) is 15.9 Å². The first-order chi connectivity index (χ1) is 10.9. The molecule has 0 atom stereocenters. The van der Waals surface area contributed by atoms with E-state index in [-0.39, 0.29) is 17.9 Å². The van der Waals surface area contributed by atoms with Crippen molar-refractivity contribution in [1.82, 2.24) is 9.62 Å². The van der Waals surface area contributed by atoms with Crippen molar-refractivity contribution in [2.24, 2.45) is 0 Å². The van der Waals surface area contributed by atoms with Gasteiger partial charge in [0.1, 0.15) is 0 Å². The van der Waals surface area contributed by atoms with Crippen LogP contribution in [0.5, 0.6) is 0 Å². The second-order valence-corrected chi connectivity index (χ2v) is 7.33. The molecule has 136 valence electrons. The molecule has 5 nitrogen and oxygen atoms in total. The second-order valence-electron chi connectivity index (χ2n) is 5.60. The van der Waals surface area contributed by atoms with Crippen LogP contribution in [0.1, 0.15) is 24.0 Å². The molecule has 0 fully saturated rings. The minimum Gasteiger partial charge on any atom is -0.345 e. The Kier molecular flexibility index (Phi) is 6.79. The second kappa shape index (κ2) is 7.98. The molecule has 0 aliphatic heterocycles. The summed E-state index contributed by atoms with van der Waals surface area (Å²) in [6.45, 7) is 2.79. The summed E-state index contributed by atoms with van der Waals surface area (Å²) in [6, 6.07) is 4.99. The van der Waals surface area contributed by atoms with Crippen molar-refractivity contribution in [3.8, 4) is 0 Å². The van der Waals surface area contributed by atoms with Crippen LogP contribution >= 0.6 is 0 Å². The van der Waals surface area contributed by atoms with Crippen molar-refractivity contribution in [3.05, 3.63) is 29.3 Å². The Morgan fingerprint density at radius 3 is 2.46 bits per heavy atom. The lowest BCUT2D eigenvalue weighted by Gasteiger charge is -2.18. The number of rotatable bonds is 7. The average Bonchev–Trinajstić information content (AvgIpc) is 2.46. The van der Waals surface area contributed by atoms with Crippen LogP contribution in [0.25, 0.3) is 0 Å². The Bertz CT molecular complexity index is 688. The van der Waals surface area contributed by atoms with E-state index in [0.717, 1.165) is 10.5 Å². The van der Waals surface area contributed by atoms with Crippen molar-refractivity contribution < 1.29 is 26.4 Å². The number of carbonyl (C=O) groups is 1. The first-order valence-corrected chi connectivity index (χ1v) is 8.78. The third-order valence-electron chi connectivity index (χ3n) is 3.42. The topological polar surface area (TPSA) is 66.5 Å². The molecular weight excluding hydrogens is 345 g/mol. The first kappa shape index (κ1) is 20.4. The zero-order valence-corrected chi connectivity index (χ0v) is 14.6. The molecule has 0 heterocycles. The maximum Gasteiger partial charge on any atom is 0.390 e. The van der Waals surface area contributed by atoms with E-state index in [0.29, 0.717) is 5.56 Å². The number of sulfonamides is 1. The Morgan fingerprint density at radius 1 is 1.25 bits per heavy atom. The lowest BCUT2D eigenvalue weighted by molar-refractivity contribution is -0.143. The van der Waals surface area contributed by atoms with E-state index in [1.165, 1.54) is 13.1 Å². The van der Waals surface area contributed by atoms with Crippen molar-refractivity contribution in [3.63, 3.8) is 0 Å². The summed E-state index contributed by atoms with van der Waals surface area (Å²) >= 11 is 0. The maximum absolute atomic E-state index is 12.2. The van der Waals surface area contributed by atoms with Gasteiger partial charge in [0, 0.05) is 26.6 Å². The number of nitrogens with zero attached hydrogens (tertiary/aromatic N) is 1. The highest BCUT2D eigenvalue weighted by Crippen LogP contribution is 2.19. The summed E-state index contributed by atoms with van der Waals surface area (Å²) in [7, 11) is -2.51. The van der Waals surface area contributed by atoms with Crippen molar-refractivity contribution in [2.45, 2.75) is 37.8 Å². The summed E-state index contributed by atoms with van der Waals surface area (Å²) < 4.78 is 63.1. The zero-order chi connectivity index (χ0) is 18.5. The monoisotopic (exact) mass is 366 g/mol. The van der Waals surface area contributed by atoms with Crippen molar-refractivity contribution in [1.29, 1.82) is 0 Å². The van der Waals surface area contributed by atoms with Gasteiger partial charge in [0.25, 0.3) is 0 Å². The third-order valence-corrected chi connectivity index (χ3v) is 5.02.